The highest BCUT2D eigenvalue weighted by molar-refractivity contribution is 5.95. The average Bonchev–Trinajstić information content (AvgIpc) is 2.58. The Labute approximate surface area is 132 Å². The van der Waals surface area contributed by atoms with Gasteiger partial charge in [-0.1, -0.05) is 24.3 Å². The molecule has 1 amide bonds. The van der Waals surface area contributed by atoms with Crippen molar-refractivity contribution >= 4 is 22.4 Å². The van der Waals surface area contributed by atoms with Gasteiger partial charge in [-0.2, -0.15) is 5.10 Å². The number of amides is 1. The summed E-state index contributed by atoms with van der Waals surface area (Å²) < 4.78 is 5.12. The van der Waals surface area contributed by atoms with E-state index in [0.29, 0.717) is 27.9 Å². The second-order valence-corrected chi connectivity index (χ2v) is 5.00. The van der Waals surface area contributed by atoms with E-state index in [9.17, 15) is 9.59 Å². The lowest BCUT2D eigenvalue weighted by Gasteiger charge is -2.08. The molecule has 0 aliphatic heterocycles. The lowest BCUT2D eigenvalue weighted by atomic mass is 10.1. The normalized spacial score (nSPS) is 10.5. The lowest BCUT2D eigenvalue weighted by molar-refractivity contribution is -0.115. The summed E-state index contributed by atoms with van der Waals surface area (Å²) in [5, 5.41) is 10.4. The third kappa shape index (κ3) is 3.21. The zero-order valence-corrected chi connectivity index (χ0v) is 12.5. The van der Waals surface area contributed by atoms with Crippen molar-refractivity contribution in [2.75, 3.05) is 12.4 Å². The molecule has 0 atom stereocenters. The summed E-state index contributed by atoms with van der Waals surface area (Å²) in [5.41, 5.74) is 0.904. The minimum atomic E-state index is -0.266. The molecular formula is C17H15N3O3. The summed E-state index contributed by atoms with van der Waals surface area (Å²) in [5.74, 6) is 0.443. The van der Waals surface area contributed by atoms with Crippen LogP contribution in [0.25, 0.3) is 10.8 Å². The number of carbonyl (C=O) groups is 1. The monoisotopic (exact) mass is 309 g/mol. The molecule has 0 fully saturated rings. The Kier molecular flexibility index (Phi) is 4.05. The number of hydrogen-bond acceptors (Lipinski definition) is 4. The summed E-state index contributed by atoms with van der Waals surface area (Å²) in [6, 6.07) is 14.2. The number of aromatic nitrogens is 2. The molecule has 3 aromatic rings. The maximum absolute atomic E-state index is 12.2. The van der Waals surface area contributed by atoms with Gasteiger partial charge in [0.05, 0.1) is 24.6 Å². The second-order valence-electron chi connectivity index (χ2n) is 5.00. The minimum absolute atomic E-state index is 0.0640. The van der Waals surface area contributed by atoms with E-state index in [2.05, 4.69) is 15.5 Å². The number of methoxy groups -OCH3 is 1. The van der Waals surface area contributed by atoms with Crippen molar-refractivity contribution in [1.29, 1.82) is 0 Å². The van der Waals surface area contributed by atoms with Gasteiger partial charge in [0, 0.05) is 17.1 Å². The fourth-order valence-electron chi connectivity index (χ4n) is 2.36. The van der Waals surface area contributed by atoms with Crippen molar-refractivity contribution in [1.82, 2.24) is 10.2 Å². The summed E-state index contributed by atoms with van der Waals surface area (Å²) in [6.45, 7) is 0. The third-order valence-corrected chi connectivity index (χ3v) is 3.46. The van der Waals surface area contributed by atoms with E-state index in [4.69, 9.17) is 4.74 Å². The molecule has 0 saturated carbocycles. The Morgan fingerprint density at radius 2 is 1.96 bits per heavy atom. The molecule has 6 heteroatoms. The first-order valence-corrected chi connectivity index (χ1v) is 7.07. The minimum Gasteiger partial charge on any atom is -0.497 e. The van der Waals surface area contributed by atoms with Gasteiger partial charge in [-0.25, -0.2) is 5.10 Å². The number of aromatic amines is 1. The van der Waals surface area contributed by atoms with Crippen LogP contribution in [0.1, 0.15) is 5.69 Å². The molecule has 2 N–H and O–H groups in total. The number of rotatable bonds is 4. The SMILES string of the molecule is COc1cccc(NC(=O)Cc2n[nH]c(=O)c3ccccc23)c1. The maximum atomic E-state index is 12.2. The van der Waals surface area contributed by atoms with Gasteiger partial charge < -0.3 is 10.1 Å². The Morgan fingerprint density at radius 3 is 2.74 bits per heavy atom. The van der Waals surface area contributed by atoms with Crippen LogP contribution in [0.5, 0.6) is 5.75 Å². The molecule has 0 radical (unpaired) electrons. The van der Waals surface area contributed by atoms with Gasteiger partial charge >= 0.3 is 0 Å². The molecule has 2 aromatic carbocycles. The Balaban J connectivity index is 1.83. The van der Waals surface area contributed by atoms with Gasteiger partial charge in [-0.15, -0.1) is 0 Å². The highest BCUT2D eigenvalue weighted by Gasteiger charge is 2.11. The number of hydrogen-bond donors (Lipinski definition) is 2. The van der Waals surface area contributed by atoms with E-state index in [1.54, 1.807) is 49.6 Å². The van der Waals surface area contributed by atoms with E-state index in [1.165, 1.54) is 0 Å². The fourth-order valence-corrected chi connectivity index (χ4v) is 2.36. The van der Waals surface area contributed by atoms with E-state index in [0.717, 1.165) is 0 Å². The van der Waals surface area contributed by atoms with E-state index >= 15 is 0 Å². The first-order valence-electron chi connectivity index (χ1n) is 7.07. The van der Waals surface area contributed by atoms with Crippen LogP contribution in [0.2, 0.25) is 0 Å². The number of nitrogens with one attached hydrogen (secondary N) is 2. The van der Waals surface area contributed by atoms with Crippen LogP contribution in [0.15, 0.2) is 53.3 Å². The van der Waals surface area contributed by atoms with Crippen LogP contribution < -0.4 is 15.6 Å². The Hall–Kier alpha value is -3.15. The van der Waals surface area contributed by atoms with Crippen LogP contribution in [-0.4, -0.2) is 23.2 Å². The van der Waals surface area contributed by atoms with Gasteiger partial charge in [0.15, 0.2) is 0 Å². The predicted molar refractivity (Wildman–Crippen MR) is 87.7 cm³/mol. The molecule has 1 aromatic heterocycles. The molecule has 1 heterocycles. The molecule has 3 rings (SSSR count). The van der Waals surface area contributed by atoms with Gasteiger partial charge in [-0.05, 0) is 18.2 Å². The van der Waals surface area contributed by atoms with E-state index in [-0.39, 0.29) is 17.9 Å². The third-order valence-electron chi connectivity index (χ3n) is 3.46. The van der Waals surface area contributed by atoms with Crippen LogP contribution in [-0.2, 0) is 11.2 Å². The summed E-state index contributed by atoms with van der Waals surface area (Å²) in [4.78, 5) is 24.0. The second kappa shape index (κ2) is 6.31. The number of carbonyl (C=O) groups excluding carboxylic acids is 1. The highest BCUT2D eigenvalue weighted by Crippen LogP contribution is 2.18. The predicted octanol–water partition coefficient (Wildman–Crippen LogP) is 2.11. The number of anilines is 1. The number of H-pyrrole nitrogens is 1. The number of fused-ring (bicyclic) bond motifs is 1. The Morgan fingerprint density at radius 1 is 1.17 bits per heavy atom. The van der Waals surface area contributed by atoms with Gasteiger partial charge in [0.1, 0.15) is 5.75 Å². The quantitative estimate of drug-likeness (QED) is 0.773. The molecule has 6 nitrogen and oxygen atoms in total. The van der Waals surface area contributed by atoms with Crippen molar-refractivity contribution in [3.63, 3.8) is 0 Å². The smallest absolute Gasteiger partial charge is 0.272 e. The van der Waals surface area contributed by atoms with Crippen molar-refractivity contribution in [2.45, 2.75) is 6.42 Å². The number of benzene rings is 2. The molecule has 0 bridgehead atoms. The van der Waals surface area contributed by atoms with Crippen molar-refractivity contribution in [2.24, 2.45) is 0 Å². The molecular weight excluding hydrogens is 294 g/mol. The van der Waals surface area contributed by atoms with Gasteiger partial charge in [0.2, 0.25) is 5.91 Å². The largest absolute Gasteiger partial charge is 0.497 e. The lowest BCUT2D eigenvalue weighted by Crippen LogP contribution is -2.18. The summed E-state index contributed by atoms with van der Waals surface area (Å²) in [6.07, 6.45) is 0.0640. The molecule has 0 aliphatic carbocycles. The zero-order chi connectivity index (χ0) is 16.2. The molecule has 116 valence electrons. The topological polar surface area (TPSA) is 84.1 Å². The summed E-state index contributed by atoms with van der Waals surface area (Å²) >= 11 is 0. The maximum Gasteiger partial charge on any atom is 0.272 e. The van der Waals surface area contributed by atoms with E-state index < -0.39 is 0 Å². The number of nitrogens with zero attached hydrogens (tertiary/aromatic N) is 1. The average molecular weight is 309 g/mol. The Bertz CT molecular complexity index is 918. The van der Waals surface area contributed by atoms with Crippen molar-refractivity contribution < 1.29 is 9.53 Å². The molecule has 0 spiro atoms. The highest BCUT2D eigenvalue weighted by atomic mass is 16.5. The molecule has 0 saturated heterocycles. The molecule has 0 unspecified atom stereocenters. The molecule has 0 aliphatic rings. The van der Waals surface area contributed by atoms with Crippen LogP contribution in [0.3, 0.4) is 0 Å². The zero-order valence-electron chi connectivity index (χ0n) is 12.5. The first kappa shape index (κ1) is 14.8. The van der Waals surface area contributed by atoms with Crippen LogP contribution in [0, 0.1) is 0 Å². The van der Waals surface area contributed by atoms with Gasteiger partial charge in [-0.3, -0.25) is 9.59 Å². The molecule has 23 heavy (non-hydrogen) atoms. The van der Waals surface area contributed by atoms with E-state index in [1.807, 2.05) is 6.07 Å². The van der Waals surface area contributed by atoms with Gasteiger partial charge in [0.25, 0.3) is 5.56 Å². The standard InChI is InChI=1S/C17H15N3O3/c1-23-12-6-4-5-11(9-12)18-16(21)10-15-13-7-2-3-8-14(13)17(22)20-19-15/h2-9H,10H2,1H3,(H,18,21)(H,20,22). The summed E-state index contributed by atoms with van der Waals surface area (Å²) in [7, 11) is 1.57. The van der Waals surface area contributed by atoms with Crippen LogP contribution >= 0.6 is 0 Å². The fraction of sp³-hybridized carbons (Fsp3) is 0.118. The number of ether oxygens (including phenoxy) is 1. The van der Waals surface area contributed by atoms with Crippen molar-refractivity contribution in [3.8, 4) is 5.75 Å². The first-order chi connectivity index (χ1) is 11.2. The van der Waals surface area contributed by atoms with Crippen LogP contribution in [0.4, 0.5) is 5.69 Å². The van der Waals surface area contributed by atoms with Crippen molar-refractivity contribution in [3.05, 3.63) is 64.6 Å².